The molecule has 0 bridgehead atoms. The van der Waals surface area contributed by atoms with E-state index in [1.807, 2.05) is 18.2 Å². The zero-order chi connectivity index (χ0) is 11.8. The lowest BCUT2D eigenvalue weighted by molar-refractivity contribution is 0.0984. The van der Waals surface area contributed by atoms with Gasteiger partial charge < -0.3 is 15.0 Å². The summed E-state index contributed by atoms with van der Waals surface area (Å²) in [5.74, 6) is -0.0971. The minimum atomic E-state index is -0.0971. The maximum Gasteiger partial charge on any atom is 0.257 e. The number of carbonyl (C=O) groups excluding carboxylic acids is 1. The summed E-state index contributed by atoms with van der Waals surface area (Å²) >= 11 is 5.09. The van der Waals surface area contributed by atoms with Crippen LogP contribution in [-0.2, 0) is 4.74 Å². The van der Waals surface area contributed by atoms with Crippen molar-refractivity contribution in [3.8, 4) is 0 Å². The molecule has 0 radical (unpaired) electrons. The molecule has 5 heteroatoms. The Morgan fingerprint density at radius 1 is 1.24 bits per heavy atom. The molecule has 1 N–H and O–H groups in total. The smallest absolute Gasteiger partial charge is 0.257 e. The van der Waals surface area contributed by atoms with Crippen LogP contribution in [0, 0.1) is 0 Å². The lowest BCUT2D eigenvalue weighted by Crippen LogP contribution is -2.36. The number of fused-ring (bicyclic) bond motifs is 1. The molecule has 88 valence electrons. The van der Waals surface area contributed by atoms with Crippen LogP contribution in [-0.4, -0.2) is 37.2 Å². The minimum absolute atomic E-state index is 0.0971. The van der Waals surface area contributed by atoms with Gasteiger partial charge in [0.15, 0.2) is 0 Å². The Bertz CT molecular complexity index is 495. The van der Waals surface area contributed by atoms with E-state index in [9.17, 15) is 4.79 Å². The number of carbonyl (C=O) groups is 1. The van der Waals surface area contributed by atoms with Gasteiger partial charge in [0.25, 0.3) is 5.91 Å². The molecule has 1 amide bonds. The van der Waals surface area contributed by atoms with E-state index >= 15 is 0 Å². The van der Waals surface area contributed by atoms with E-state index < -0.39 is 0 Å². The fourth-order valence-electron chi connectivity index (χ4n) is 2.17. The van der Waals surface area contributed by atoms with Crippen molar-refractivity contribution in [3.63, 3.8) is 0 Å². The second-order valence-electron chi connectivity index (χ2n) is 4.11. The normalized spacial score (nSPS) is 19.2. The topological polar surface area (TPSA) is 41.6 Å². The lowest BCUT2D eigenvalue weighted by Gasteiger charge is -2.29. The van der Waals surface area contributed by atoms with Gasteiger partial charge in [-0.15, -0.1) is 0 Å². The zero-order valence-electron chi connectivity index (χ0n) is 9.23. The highest BCUT2D eigenvalue weighted by Gasteiger charge is 2.24. The van der Waals surface area contributed by atoms with E-state index in [2.05, 4.69) is 10.2 Å². The third-order valence-corrected chi connectivity index (χ3v) is 3.42. The van der Waals surface area contributed by atoms with Crippen LogP contribution in [0.1, 0.15) is 15.9 Å². The number of nitrogens with zero attached hydrogens (tertiary/aromatic N) is 1. The van der Waals surface area contributed by atoms with Crippen molar-refractivity contribution in [3.05, 3.63) is 29.3 Å². The van der Waals surface area contributed by atoms with Gasteiger partial charge in [-0.3, -0.25) is 4.79 Å². The molecule has 2 aliphatic heterocycles. The summed E-state index contributed by atoms with van der Waals surface area (Å²) < 4.78 is 5.31. The van der Waals surface area contributed by atoms with Gasteiger partial charge in [0.2, 0.25) is 0 Å². The summed E-state index contributed by atoms with van der Waals surface area (Å²) in [5, 5.41) is 2.66. The molecule has 0 unspecified atom stereocenters. The molecular weight excluding hydrogens is 236 g/mol. The van der Waals surface area contributed by atoms with Crippen molar-refractivity contribution in [1.29, 1.82) is 0 Å². The zero-order valence-corrected chi connectivity index (χ0v) is 10.0. The monoisotopic (exact) mass is 248 g/mol. The highest BCUT2D eigenvalue weighted by atomic mass is 32.1. The number of morpholine rings is 1. The highest BCUT2D eigenvalue weighted by Crippen LogP contribution is 2.24. The first-order valence-corrected chi connectivity index (χ1v) is 5.99. The standard InChI is InChI=1S/C12H12N2O2S/c15-11-10-7-8(14-3-5-16-6-4-14)1-2-9(10)12(17)13-11/h1-2,7H,3-6H2,(H,13,15,17). The van der Waals surface area contributed by atoms with Gasteiger partial charge in [-0.25, -0.2) is 0 Å². The van der Waals surface area contributed by atoms with Crippen molar-refractivity contribution in [2.24, 2.45) is 0 Å². The van der Waals surface area contributed by atoms with Gasteiger partial charge in [-0.2, -0.15) is 0 Å². The number of ether oxygens (including phenoxy) is 1. The molecule has 0 aliphatic carbocycles. The molecule has 2 heterocycles. The van der Waals surface area contributed by atoms with E-state index in [1.54, 1.807) is 0 Å². The number of thiocarbonyl (C=S) groups is 1. The second kappa shape index (κ2) is 4.09. The van der Waals surface area contributed by atoms with Crippen molar-refractivity contribution >= 4 is 28.8 Å². The predicted octanol–water partition coefficient (Wildman–Crippen LogP) is 0.942. The molecule has 1 aromatic rings. The van der Waals surface area contributed by atoms with Crippen molar-refractivity contribution < 1.29 is 9.53 Å². The summed E-state index contributed by atoms with van der Waals surface area (Å²) in [7, 11) is 0. The number of hydrogen-bond acceptors (Lipinski definition) is 4. The fourth-order valence-corrected chi connectivity index (χ4v) is 2.44. The van der Waals surface area contributed by atoms with Crippen LogP contribution in [0.2, 0.25) is 0 Å². The molecule has 0 aromatic heterocycles. The third kappa shape index (κ3) is 1.81. The van der Waals surface area contributed by atoms with Gasteiger partial charge >= 0.3 is 0 Å². The first-order valence-electron chi connectivity index (χ1n) is 5.58. The Balaban J connectivity index is 1.95. The van der Waals surface area contributed by atoms with E-state index in [4.69, 9.17) is 17.0 Å². The quantitative estimate of drug-likeness (QED) is 0.751. The van der Waals surface area contributed by atoms with Crippen LogP contribution >= 0.6 is 12.2 Å². The molecule has 0 atom stereocenters. The number of nitrogens with one attached hydrogen (secondary N) is 1. The van der Waals surface area contributed by atoms with E-state index in [1.165, 1.54) is 0 Å². The first-order chi connectivity index (χ1) is 8.25. The van der Waals surface area contributed by atoms with Crippen LogP contribution in [0.25, 0.3) is 0 Å². The Labute approximate surface area is 105 Å². The molecule has 1 fully saturated rings. The van der Waals surface area contributed by atoms with Gasteiger partial charge in [0, 0.05) is 24.3 Å². The predicted molar refractivity (Wildman–Crippen MR) is 68.6 cm³/mol. The summed E-state index contributed by atoms with van der Waals surface area (Å²) in [6.45, 7) is 3.21. The van der Waals surface area contributed by atoms with Crippen LogP contribution in [0.4, 0.5) is 5.69 Å². The van der Waals surface area contributed by atoms with Gasteiger partial charge in [0.1, 0.15) is 4.99 Å². The largest absolute Gasteiger partial charge is 0.378 e. The van der Waals surface area contributed by atoms with Crippen molar-refractivity contribution in [2.75, 3.05) is 31.2 Å². The SMILES string of the molecule is O=C1NC(=S)c2ccc(N3CCOCC3)cc21. The Kier molecular flexibility index (Phi) is 2.57. The van der Waals surface area contributed by atoms with Gasteiger partial charge in [-0.1, -0.05) is 12.2 Å². The Hall–Kier alpha value is -1.46. The summed E-state index contributed by atoms with van der Waals surface area (Å²) in [5.41, 5.74) is 2.58. The average Bonchev–Trinajstić information content (AvgIpc) is 2.66. The maximum absolute atomic E-state index is 11.7. The van der Waals surface area contributed by atoms with Crippen LogP contribution in [0.5, 0.6) is 0 Å². The summed E-state index contributed by atoms with van der Waals surface area (Å²) in [4.78, 5) is 14.4. The van der Waals surface area contributed by atoms with Crippen LogP contribution in [0.3, 0.4) is 0 Å². The van der Waals surface area contributed by atoms with E-state index in [-0.39, 0.29) is 5.91 Å². The number of anilines is 1. The second-order valence-corrected chi connectivity index (χ2v) is 4.52. The maximum atomic E-state index is 11.7. The Morgan fingerprint density at radius 3 is 2.76 bits per heavy atom. The van der Waals surface area contributed by atoms with Crippen LogP contribution in [0.15, 0.2) is 18.2 Å². The number of rotatable bonds is 1. The molecular formula is C12H12N2O2S. The van der Waals surface area contributed by atoms with Crippen molar-refractivity contribution in [2.45, 2.75) is 0 Å². The molecule has 0 saturated carbocycles. The van der Waals surface area contributed by atoms with Gasteiger partial charge in [-0.05, 0) is 18.2 Å². The number of hydrogen-bond donors (Lipinski definition) is 1. The van der Waals surface area contributed by atoms with Gasteiger partial charge in [0.05, 0.1) is 18.8 Å². The first kappa shape index (κ1) is 10.7. The molecule has 1 saturated heterocycles. The molecule has 0 spiro atoms. The molecule has 17 heavy (non-hydrogen) atoms. The third-order valence-electron chi connectivity index (χ3n) is 3.10. The highest BCUT2D eigenvalue weighted by molar-refractivity contribution is 7.80. The lowest BCUT2D eigenvalue weighted by atomic mass is 10.1. The van der Waals surface area contributed by atoms with Crippen LogP contribution < -0.4 is 10.2 Å². The number of amides is 1. The average molecular weight is 248 g/mol. The fraction of sp³-hybridized carbons (Fsp3) is 0.333. The minimum Gasteiger partial charge on any atom is -0.378 e. The Morgan fingerprint density at radius 2 is 2.00 bits per heavy atom. The summed E-state index contributed by atoms with van der Waals surface area (Å²) in [6.07, 6.45) is 0. The summed E-state index contributed by atoms with van der Waals surface area (Å²) in [6, 6.07) is 5.84. The number of benzene rings is 1. The molecule has 4 nitrogen and oxygen atoms in total. The molecule has 2 aliphatic rings. The van der Waals surface area contributed by atoms with Crippen molar-refractivity contribution in [1.82, 2.24) is 5.32 Å². The van der Waals surface area contributed by atoms with E-state index in [0.717, 1.165) is 37.6 Å². The van der Waals surface area contributed by atoms with E-state index in [0.29, 0.717) is 10.6 Å². The molecule has 1 aromatic carbocycles. The molecule has 3 rings (SSSR count).